The summed E-state index contributed by atoms with van der Waals surface area (Å²) in [5, 5.41) is 3.74. The number of sulfonamides is 1. The van der Waals surface area contributed by atoms with Gasteiger partial charge in [-0.3, -0.25) is 0 Å². The maximum atomic E-state index is 11.7. The molecule has 16 heavy (non-hydrogen) atoms. The van der Waals surface area contributed by atoms with Crippen LogP contribution in [-0.2, 0) is 10.0 Å². The minimum absolute atomic E-state index is 0.242. The largest absolute Gasteiger partial charge is 0.276 e. The normalized spacial score (nSPS) is 16.6. The van der Waals surface area contributed by atoms with E-state index in [0.717, 1.165) is 18.4 Å². The van der Waals surface area contributed by atoms with Crippen molar-refractivity contribution in [2.75, 3.05) is 0 Å². The predicted molar refractivity (Wildman–Crippen MR) is 62.7 cm³/mol. The summed E-state index contributed by atoms with van der Waals surface area (Å²) in [6.07, 6.45) is 3.87. The molecule has 86 valence electrons. The molecule has 0 amide bonds. The quantitative estimate of drug-likeness (QED) is 0.640. The maximum absolute atomic E-state index is 11.7. The van der Waals surface area contributed by atoms with Crippen molar-refractivity contribution in [3.05, 3.63) is 29.8 Å². The van der Waals surface area contributed by atoms with Gasteiger partial charge in [0, 0.05) is 6.21 Å². The summed E-state index contributed by atoms with van der Waals surface area (Å²) in [4.78, 5) is 2.45. The van der Waals surface area contributed by atoms with Crippen LogP contribution in [0.15, 0.2) is 34.3 Å². The van der Waals surface area contributed by atoms with E-state index in [4.69, 9.17) is 0 Å². The van der Waals surface area contributed by atoms with Gasteiger partial charge in [-0.25, -0.2) is 4.83 Å². The Kier molecular flexibility index (Phi) is 2.96. The Bertz CT molecular complexity index is 487. The molecule has 0 atom stereocenters. The molecule has 1 fully saturated rings. The van der Waals surface area contributed by atoms with Crippen molar-refractivity contribution in [3.8, 4) is 0 Å². The van der Waals surface area contributed by atoms with Crippen LogP contribution in [0.4, 0.5) is 0 Å². The highest BCUT2D eigenvalue weighted by Gasteiger charge is 2.19. The van der Waals surface area contributed by atoms with E-state index < -0.39 is 10.0 Å². The molecule has 1 aliphatic rings. The van der Waals surface area contributed by atoms with E-state index in [1.165, 1.54) is 0 Å². The second-order valence-corrected chi connectivity index (χ2v) is 5.68. The van der Waals surface area contributed by atoms with Crippen molar-refractivity contribution in [1.29, 1.82) is 0 Å². The molecule has 0 radical (unpaired) electrons. The molecule has 0 spiro atoms. The van der Waals surface area contributed by atoms with E-state index in [2.05, 4.69) is 9.93 Å². The maximum Gasteiger partial charge on any atom is 0.276 e. The van der Waals surface area contributed by atoms with Gasteiger partial charge in [-0.2, -0.15) is 13.5 Å². The zero-order valence-electron chi connectivity index (χ0n) is 9.05. The number of rotatable bonds is 4. The molecule has 1 aromatic carbocycles. The number of hydrazone groups is 1. The summed E-state index contributed by atoms with van der Waals surface area (Å²) in [6, 6.07) is 6.67. The lowest BCUT2D eigenvalue weighted by molar-refractivity contribution is 0.584. The molecule has 2 rings (SSSR count). The van der Waals surface area contributed by atoms with Gasteiger partial charge in [0.15, 0.2) is 0 Å². The lowest BCUT2D eigenvalue weighted by Gasteiger charge is -2.03. The molecule has 0 aromatic heterocycles. The Hall–Kier alpha value is -1.36. The molecule has 1 aliphatic carbocycles. The Morgan fingerprint density at radius 1 is 1.31 bits per heavy atom. The Morgan fingerprint density at radius 3 is 2.50 bits per heavy atom. The van der Waals surface area contributed by atoms with Crippen LogP contribution in [0.5, 0.6) is 0 Å². The van der Waals surface area contributed by atoms with Gasteiger partial charge in [0.05, 0.1) is 4.90 Å². The average Bonchev–Trinajstić information content (AvgIpc) is 3.02. The molecule has 1 saturated carbocycles. The van der Waals surface area contributed by atoms with Crippen LogP contribution in [0.1, 0.15) is 18.4 Å². The highest BCUT2D eigenvalue weighted by molar-refractivity contribution is 7.89. The van der Waals surface area contributed by atoms with Crippen molar-refractivity contribution in [2.45, 2.75) is 24.7 Å². The van der Waals surface area contributed by atoms with Crippen molar-refractivity contribution >= 4 is 16.2 Å². The van der Waals surface area contributed by atoms with Crippen LogP contribution >= 0.6 is 0 Å². The standard InChI is InChI=1S/C11H14N2O2S/c1-9-2-6-11(7-3-9)16(14,15)13-12-8-10-4-5-10/h2-3,6-8,10,13H,4-5H2,1H3/b12-8+. The van der Waals surface area contributed by atoms with Gasteiger partial charge >= 0.3 is 0 Å². The molecule has 0 saturated heterocycles. The summed E-state index contributed by atoms with van der Waals surface area (Å²) in [7, 11) is -3.49. The molecule has 0 aliphatic heterocycles. The number of aryl methyl sites for hydroxylation is 1. The van der Waals surface area contributed by atoms with Gasteiger partial charge < -0.3 is 0 Å². The van der Waals surface area contributed by atoms with Crippen LogP contribution in [0.25, 0.3) is 0 Å². The first-order chi connectivity index (χ1) is 7.58. The third-order valence-electron chi connectivity index (χ3n) is 2.41. The van der Waals surface area contributed by atoms with Crippen molar-refractivity contribution in [3.63, 3.8) is 0 Å². The molecule has 0 bridgehead atoms. The molecule has 0 heterocycles. The highest BCUT2D eigenvalue weighted by Crippen LogP contribution is 2.26. The number of hydrogen-bond acceptors (Lipinski definition) is 3. The summed E-state index contributed by atoms with van der Waals surface area (Å²) in [6.45, 7) is 1.91. The van der Waals surface area contributed by atoms with Crippen molar-refractivity contribution in [2.24, 2.45) is 11.0 Å². The summed E-state index contributed by atoms with van der Waals surface area (Å²) in [5.41, 5.74) is 1.03. The van der Waals surface area contributed by atoms with Gasteiger partial charge in [0.25, 0.3) is 10.0 Å². The van der Waals surface area contributed by atoms with Crippen LogP contribution in [0.2, 0.25) is 0 Å². The topological polar surface area (TPSA) is 58.5 Å². The second-order valence-electron chi connectivity index (χ2n) is 4.02. The minimum Gasteiger partial charge on any atom is -0.200 e. The van der Waals surface area contributed by atoms with Gasteiger partial charge in [-0.15, -0.1) is 0 Å². The lowest BCUT2D eigenvalue weighted by atomic mass is 10.2. The van der Waals surface area contributed by atoms with Gasteiger partial charge in [0.1, 0.15) is 0 Å². The molecule has 1 aromatic rings. The first-order valence-electron chi connectivity index (χ1n) is 5.19. The van der Waals surface area contributed by atoms with Crippen LogP contribution < -0.4 is 4.83 Å². The predicted octanol–water partition coefficient (Wildman–Crippen LogP) is 1.67. The minimum atomic E-state index is -3.49. The summed E-state index contributed by atoms with van der Waals surface area (Å²) >= 11 is 0. The fraction of sp³-hybridized carbons (Fsp3) is 0.364. The van der Waals surface area contributed by atoms with Crippen molar-refractivity contribution < 1.29 is 8.42 Å². The first kappa shape index (κ1) is 11.1. The Labute approximate surface area is 95.4 Å². The molecule has 0 unspecified atom stereocenters. The van der Waals surface area contributed by atoms with E-state index in [1.54, 1.807) is 30.5 Å². The Balaban J connectivity index is 2.08. The van der Waals surface area contributed by atoms with E-state index in [0.29, 0.717) is 5.92 Å². The molecular weight excluding hydrogens is 224 g/mol. The van der Waals surface area contributed by atoms with Gasteiger partial charge in [-0.05, 0) is 37.8 Å². The molecule has 1 N–H and O–H groups in total. The highest BCUT2D eigenvalue weighted by atomic mass is 32.2. The number of nitrogens with one attached hydrogen (secondary N) is 1. The zero-order chi connectivity index (χ0) is 11.6. The van der Waals surface area contributed by atoms with Crippen LogP contribution in [0, 0.1) is 12.8 Å². The third-order valence-corrected chi connectivity index (χ3v) is 3.65. The smallest absolute Gasteiger partial charge is 0.200 e. The SMILES string of the molecule is Cc1ccc(S(=O)(=O)N/N=C/C2CC2)cc1. The fourth-order valence-corrected chi connectivity index (χ4v) is 2.02. The summed E-state index contributed by atoms with van der Waals surface area (Å²) in [5.74, 6) is 0.459. The first-order valence-corrected chi connectivity index (χ1v) is 6.68. The summed E-state index contributed by atoms with van der Waals surface area (Å²) < 4.78 is 23.4. The average molecular weight is 238 g/mol. The van der Waals surface area contributed by atoms with Crippen LogP contribution in [-0.4, -0.2) is 14.6 Å². The van der Waals surface area contributed by atoms with Crippen LogP contribution in [0.3, 0.4) is 0 Å². The van der Waals surface area contributed by atoms with E-state index in [1.807, 2.05) is 6.92 Å². The third kappa shape index (κ3) is 2.82. The van der Waals surface area contributed by atoms with E-state index >= 15 is 0 Å². The van der Waals surface area contributed by atoms with Gasteiger partial charge in [-0.1, -0.05) is 17.7 Å². The monoisotopic (exact) mass is 238 g/mol. The number of hydrogen-bond donors (Lipinski definition) is 1. The second kappa shape index (κ2) is 4.25. The van der Waals surface area contributed by atoms with Crippen molar-refractivity contribution in [1.82, 2.24) is 4.83 Å². The lowest BCUT2D eigenvalue weighted by Crippen LogP contribution is -2.18. The number of nitrogens with zero attached hydrogens (tertiary/aromatic N) is 1. The van der Waals surface area contributed by atoms with E-state index in [-0.39, 0.29) is 4.90 Å². The van der Waals surface area contributed by atoms with E-state index in [9.17, 15) is 8.42 Å². The number of benzene rings is 1. The zero-order valence-corrected chi connectivity index (χ0v) is 9.87. The Morgan fingerprint density at radius 2 is 1.94 bits per heavy atom. The van der Waals surface area contributed by atoms with Gasteiger partial charge in [0.2, 0.25) is 0 Å². The fourth-order valence-electron chi connectivity index (χ4n) is 1.22. The molecular formula is C11H14N2O2S. The molecule has 4 nitrogen and oxygen atoms in total. The molecule has 5 heteroatoms.